The Hall–Kier alpha value is -0.360. The van der Waals surface area contributed by atoms with E-state index >= 15 is 0 Å². The lowest BCUT2D eigenvalue weighted by Crippen LogP contribution is -2.05. The molecule has 1 unspecified atom stereocenters. The van der Waals surface area contributed by atoms with Crippen molar-refractivity contribution in [3.63, 3.8) is 0 Å². The van der Waals surface area contributed by atoms with Gasteiger partial charge in [-0.25, -0.2) is 0 Å². The number of hydrogen-bond donors (Lipinski definition) is 1. The molecule has 2 aromatic rings. The Balaban J connectivity index is 2.40. The number of aliphatic hydroxyl groups is 1. The van der Waals surface area contributed by atoms with Crippen LogP contribution < -0.4 is 0 Å². The minimum Gasteiger partial charge on any atom is -0.381 e. The van der Waals surface area contributed by atoms with Crippen molar-refractivity contribution in [1.29, 1.82) is 0 Å². The number of nitrogens with zero attached hydrogens (tertiary/aromatic N) is 2. The van der Waals surface area contributed by atoms with Crippen molar-refractivity contribution in [2.24, 2.45) is 7.05 Å². The van der Waals surface area contributed by atoms with E-state index in [2.05, 4.69) is 21.0 Å². The van der Waals surface area contributed by atoms with Crippen LogP contribution in [-0.2, 0) is 7.05 Å². The molecule has 0 saturated heterocycles. The van der Waals surface area contributed by atoms with Gasteiger partial charge < -0.3 is 5.11 Å². The fourth-order valence-corrected chi connectivity index (χ4v) is 2.95. The lowest BCUT2D eigenvalue weighted by molar-refractivity contribution is 0.212. The van der Waals surface area contributed by atoms with Crippen LogP contribution in [0.1, 0.15) is 16.7 Å². The summed E-state index contributed by atoms with van der Waals surface area (Å²) in [4.78, 5) is 0.810. The number of rotatable bonds is 2. The summed E-state index contributed by atoms with van der Waals surface area (Å²) in [5.41, 5.74) is 0.730. The fraction of sp³-hybridized carbons (Fsp3) is 0.222. The minimum atomic E-state index is -0.690. The summed E-state index contributed by atoms with van der Waals surface area (Å²) in [7, 11) is 1.79. The van der Waals surface area contributed by atoms with Gasteiger partial charge in [0, 0.05) is 11.9 Å². The first-order valence-corrected chi connectivity index (χ1v) is 6.19. The van der Waals surface area contributed by atoms with E-state index in [0.29, 0.717) is 4.34 Å². The molecule has 0 spiro atoms. The molecule has 80 valence electrons. The molecule has 0 saturated carbocycles. The Morgan fingerprint density at radius 2 is 2.33 bits per heavy atom. The molecular formula is C9H8BrClN2OS. The van der Waals surface area contributed by atoms with Gasteiger partial charge >= 0.3 is 0 Å². The summed E-state index contributed by atoms with van der Waals surface area (Å²) in [6, 6.07) is 3.59. The topological polar surface area (TPSA) is 38.0 Å². The van der Waals surface area contributed by atoms with Gasteiger partial charge in [0.25, 0.3) is 0 Å². The van der Waals surface area contributed by atoms with Crippen molar-refractivity contribution in [3.8, 4) is 0 Å². The average Bonchev–Trinajstić information content (AvgIpc) is 2.73. The Morgan fingerprint density at radius 1 is 1.60 bits per heavy atom. The normalized spacial score (nSPS) is 13.1. The molecule has 6 heteroatoms. The van der Waals surface area contributed by atoms with Crippen LogP contribution in [0.5, 0.6) is 0 Å². The zero-order chi connectivity index (χ0) is 11.0. The van der Waals surface area contributed by atoms with E-state index in [1.54, 1.807) is 24.0 Å². The molecule has 2 rings (SSSR count). The van der Waals surface area contributed by atoms with Crippen LogP contribution in [-0.4, -0.2) is 14.9 Å². The average molecular weight is 308 g/mol. The maximum atomic E-state index is 10.1. The molecule has 0 aromatic carbocycles. The summed E-state index contributed by atoms with van der Waals surface area (Å²) >= 11 is 10.5. The predicted octanol–water partition coefficient (Wildman–Crippen LogP) is 2.98. The van der Waals surface area contributed by atoms with Crippen LogP contribution in [0, 0.1) is 0 Å². The Bertz CT molecular complexity index is 463. The molecule has 0 aliphatic rings. The molecule has 0 radical (unpaired) electrons. The summed E-state index contributed by atoms with van der Waals surface area (Å²) in [5, 5.41) is 14.2. The SMILES string of the molecule is Cn1ncc(Br)c1C(O)c1ccc(Cl)s1. The first kappa shape index (κ1) is 11.1. The third-order valence-corrected chi connectivity index (χ3v) is 3.95. The number of aryl methyl sites for hydroxylation is 1. The Labute approximate surface area is 104 Å². The highest BCUT2D eigenvalue weighted by Crippen LogP contribution is 2.33. The first-order valence-electron chi connectivity index (χ1n) is 4.20. The van der Waals surface area contributed by atoms with Crippen LogP contribution in [0.2, 0.25) is 4.34 Å². The van der Waals surface area contributed by atoms with Crippen LogP contribution in [0.3, 0.4) is 0 Å². The maximum Gasteiger partial charge on any atom is 0.131 e. The number of aromatic nitrogens is 2. The van der Waals surface area contributed by atoms with Crippen LogP contribution >= 0.6 is 38.9 Å². The number of aliphatic hydroxyl groups excluding tert-OH is 1. The number of hydrogen-bond acceptors (Lipinski definition) is 3. The standard InChI is InChI=1S/C9H8BrClN2OS/c1-13-8(5(10)4-12-13)9(14)6-2-3-7(11)15-6/h2-4,9,14H,1H3. The lowest BCUT2D eigenvalue weighted by Gasteiger charge is -2.09. The van der Waals surface area contributed by atoms with Gasteiger partial charge in [0.1, 0.15) is 6.10 Å². The molecule has 15 heavy (non-hydrogen) atoms. The van der Waals surface area contributed by atoms with Crippen molar-refractivity contribution in [2.75, 3.05) is 0 Å². The lowest BCUT2D eigenvalue weighted by atomic mass is 10.2. The first-order chi connectivity index (χ1) is 7.09. The Kier molecular flexibility index (Phi) is 3.16. The van der Waals surface area contributed by atoms with E-state index < -0.39 is 6.10 Å². The van der Waals surface area contributed by atoms with E-state index in [0.717, 1.165) is 15.0 Å². The van der Waals surface area contributed by atoms with Crippen molar-refractivity contribution in [1.82, 2.24) is 9.78 Å². The third-order valence-electron chi connectivity index (χ3n) is 2.06. The highest BCUT2D eigenvalue weighted by atomic mass is 79.9. The number of thiophene rings is 1. The molecule has 0 amide bonds. The summed E-state index contributed by atoms with van der Waals surface area (Å²) in [6.45, 7) is 0. The predicted molar refractivity (Wildman–Crippen MR) is 64.3 cm³/mol. The minimum absolute atomic E-state index is 0.669. The highest BCUT2D eigenvalue weighted by molar-refractivity contribution is 9.10. The summed E-state index contributed by atoms with van der Waals surface area (Å²) in [6.07, 6.45) is 0.970. The smallest absolute Gasteiger partial charge is 0.131 e. The second kappa shape index (κ2) is 4.25. The summed E-state index contributed by atoms with van der Waals surface area (Å²) in [5.74, 6) is 0. The highest BCUT2D eigenvalue weighted by Gasteiger charge is 2.19. The van der Waals surface area contributed by atoms with Crippen molar-refractivity contribution in [3.05, 3.63) is 37.7 Å². The quantitative estimate of drug-likeness (QED) is 0.926. The summed E-state index contributed by atoms with van der Waals surface area (Å²) < 4.78 is 3.10. The zero-order valence-corrected chi connectivity index (χ0v) is 11.0. The molecular weight excluding hydrogens is 300 g/mol. The van der Waals surface area contributed by atoms with E-state index in [9.17, 15) is 5.11 Å². The van der Waals surface area contributed by atoms with Crippen molar-refractivity contribution in [2.45, 2.75) is 6.10 Å². The molecule has 2 heterocycles. The van der Waals surface area contributed by atoms with E-state index in [1.807, 2.05) is 6.07 Å². The molecule has 2 aromatic heterocycles. The van der Waals surface area contributed by atoms with Crippen LogP contribution in [0.25, 0.3) is 0 Å². The van der Waals surface area contributed by atoms with Gasteiger partial charge in [0.05, 0.1) is 20.7 Å². The molecule has 0 bridgehead atoms. The van der Waals surface area contributed by atoms with Gasteiger partial charge in [-0.1, -0.05) is 11.6 Å². The second-order valence-electron chi connectivity index (χ2n) is 3.05. The molecule has 0 aliphatic carbocycles. The van der Waals surface area contributed by atoms with Crippen molar-refractivity contribution < 1.29 is 5.11 Å². The second-order valence-corrected chi connectivity index (χ2v) is 5.65. The van der Waals surface area contributed by atoms with Gasteiger partial charge in [-0.3, -0.25) is 4.68 Å². The van der Waals surface area contributed by atoms with Gasteiger partial charge in [-0.05, 0) is 28.1 Å². The monoisotopic (exact) mass is 306 g/mol. The number of halogens is 2. The molecule has 0 aliphatic heterocycles. The van der Waals surface area contributed by atoms with Crippen molar-refractivity contribution >= 4 is 38.9 Å². The maximum absolute atomic E-state index is 10.1. The van der Waals surface area contributed by atoms with Gasteiger partial charge in [-0.15, -0.1) is 11.3 Å². The van der Waals surface area contributed by atoms with Crippen LogP contribution in [0.4, 0.5) is 0 Å². The van der Waals surface area contributed by atoms with E-state index in [-0.39, 0.29) is 0 Å². The van der Waals surface area contributed by atoms with Crippen LogP contribution in [0.15, 0.2) is 22.8 Å². The van der Waals surface area contributed by atoms with E-state index in [4.69, 9.17) is 11.6 Å². The Morgan fingerprint density at radius 3 is 2.80 bits per heavy atom. The third kappa shape index (κ3) is 2.10. The van der Waals surface area contributed by atoms with Gasteiger partial charge in [0.2, 0.25) is 0 Å². The zero-order valence-electron chi connectivity index (χ0n) is 7.82. The molecule has 0 fully saturated rings. The fourth-order valence-electron chi connectivity index (χ4n) is 1.34. The molecule has 3 nitrogen and oxygen atoms in total. The van der Waals surface area contributed by atoms with Gasteiger partial charge in [-0.2, -0.15) is 5.10 Å². The molecule has 1 N–H and O–H groups in total. The van der Waals surface area contributed by atoms with Gasteiger partial charge in [0.15, 0.2) is 0 Å². The largest absolute Gasteiger partial charge is 0.381 e. The molecule has 1 atom stereocenters. The van der Waals surface area contributed by atoms with E-state index in [1.165, 1.54) is 11.3 Å².